The van der Waals surface area contributed by atoms with Crippen LogP contribution in [0.5, 0.6) is 0 Å². The Bertz CT molecular complexity index is 357. The predicted molar refractivity (Wildman–Crippen MR) is 70.5 cm³/mol. The number of hydrogen-bond donors (Lipinski definition) is 2. The van der Waals surface area contributed by atoms with Crippen LogP contribution in [0.4, 0.5) is 0 Å². The van der Waals surface area contributed by atoms with Crippen molar-refractivity contribution < 1.29 is 9.53 Å². The number of carbonyl (C=O) groups excluding carboxylic acids is 1. The second-order valence-electron chi connectivity index (χ2n) is 3.63. The lowest BCUT2D eigenvalue weighted by atomic mass is 10.2. The molecule has 1 aromatic rings. The molecule has 0 bridgehead atoms. The molecule has 4 nitrogen and oxygen atoms in total. The largest absolute Gasteiger partial charge is 0.385 e. The molecule has 3 N–H and O–H groups in total. The molecule has 0 fully saturated rings. The van der Waals surface area contributed by atoms with E-state index in [-0.39, 0.29) is 5.91 Å². The summed E-state index contributed by atoms with van der Waals surface area (Å²) in [5, 5.41) is 2.79. The molecule has 0 saturated carbocycles. The van der Waals surface area contributed by atoms with Crippen molar-refractivity contribution in [3.8, 4) is 0 Å². The van der Waals surface area contributed by atoms with Gasteiger partial charge in [0.15, 0.2) is 0 Å². The first-order valence-electron chi connectivity index (χ1n) is 5.40. The minimum Gasteiger partial charge on any atom is -0.385 e. The summed E-state index contributed by atoms with van der Waals surface area (Å²) < 4.78 is 5.63. The van der Waals surface area contributed by atoms with Gasteiger partial charge in [-0.25, -0.2) is 0 Å². The second kappa shape index (κ2) is 7.66. The van der Waals surface area contributed by atoms with E-state index in [4.69, 9.17) is 22.1 Å². The number of thiophene rings is 1. The number of nitrogens with one attached hydrogen (secondary N) is 1. The summed E-state index contributed by atoms with van der Waals surface area (Å²) in [7, 11) is 1.59. The summed E-state index contributed by atoms with van der Waals surface area (Å²) in [6.07, 6.45) is 1.31. The molecule has 0 aromatic carbocycles. The molecule has 96 valence electrons. The van der Waals surface area contributed by atoms with Crippen LogP contribution in [-0.4, -0.2) is 32.2 Å². The van der Waals surface area contributed by atoms with E-state index in [0.29, 0.717) is 19.6 Å². The standard InChI is InChI=1S/C11H17ClN2O2S/c1-16-7-5-9(13)11(15)14-6-4-8-2-3-10(12)17-8/h2-3,9H,4-7,13H2,1H3,(H,14,15). The van der Waals surface area contributed by atoms with Crippen molar-refractivity contribution in [1.29, 1.82) is 0 Å². The first kappa shape index (κ1) is 14.4. The van der Waals surface area contributed by atoms with Gasteiger partial charge in [-0.1, -0.05) is 11.6 Å². The van der Waals surface area contributed by atoms with Gasteiger partial charge >= 0.3 is 0 Å². The molecule has 1 aromatic heterocycles. The van der Waals surface area contributed by atoms with E-state index in [1.807, 2.05) is 12.1 Å². The topological polar surface area (TPSA) is 64.3 Å². The van der Waals surface area contributed by atoms with Crippen LogP contribution < -0.4 is 11.1 Å². The fourth-order valence-electron chi connectivity index (χ4n) is 1.30. The van der Waals surface area contributed by atoms with Crippen LogP contribution in [0.15, 0.2) is 12.1 Å². The lowest BCUT2D eigenvalue weighted by molar-refractivity contribution is -0.122. The van der Waals surface area contributed by atoms with E-state index in [1.165, 1.54) is 11.3 Å². The Morgan fingerprint density at radius 1 is 1.65 bits per heavy atom. The highest BCUT2D eigenvalue weighted by Crippen LogP contribution is 2.21. The van der Waals surface area contributed by atoms with E-state index in [0.717, 1.165) is 15.6 Å². The molecule has 6 heteroatoms. The third-order valence-corrected chi connectivity index (χ3v) is 3.56. The Morgan fingerprint density at radius 2 is 2.41 bits per heavy atom. The molecule has 0 aliphatic rings. The number of halogens is 1. The third kappa shape index (κ3) is 5.50. The monoisotopic (exact) mass is 276 g/mol. The fourth-order valence-corrected chi connectivity index (χ4v) is 2.39. The minimum absolute atomic E-state index is 0.135. The SMILES string of the molecule is COCCC(N)C(=O)NCCc1ccc(Cl)s1. The Morgan fingerprint density at radius 3 is 3.00 bits per heavy atom. The summed E-state index contributed by atoms with van der Waals surface area (Å²) in [5.74, 6) is -0.135. The van der Waals surface area contributed by atoms with Gasteiger partial charge in [0.1, 0.15) is 0 Å². The molecule has 1 atom stereocenters. The highest BCUT2D eigenvalue weighted by atomic mass is 35.5. The van der Waals surface area contributed by atoms with Gasteiger partial charge < -0.3 is 15.8 Å². The van der Waals surface area contributed by atoms with Gasteiger partial charge in [-0.2, -0.15) is 0 Å². The summed E-state index contributed by atoms with van der Waals surface area (Å²) >= 11 is 7.33. The number of amides is 1. The van der Waals surface area contributed by atoms with Crippen molar-refractivity contribution in [1.82, 2.24) is 5.32 Å². The van der Waals surface area contributed by atoms with Gasteiger partial charge in [0, 0.05) is 25.1 Å². The van der Waals surface area contributed by atoms with Crippen LogP contribution in [0.25, 0.3) is 0 Å². The van der Waals surface area contributed by atoms with Crippen LogP contribution in [-0.2, 0) is 16.0 Å². The molecule has 0 saturated heterocycles. The fraction of sp³-hybridized carbons (Fsp3) is 0.545. The molecule has 17 heavy (non-hydrogen) atoms. The lowest BCUT2D eigenvalue weighted by Crippen LogP contribution is -2.41. The molecule has 0 radical (unpaired) electrons. The zero-order valence-corrected chi connectivity index (χ0v) is 11.3. The smallest absolute Gasteiger partial charge is 0.237 e. The van der Waals surface area contributed by atoms with Crippen molar-refractivity contribution in [2.45, 2.75) is 18.9 Å². The van der Waals surface area contributed by atoms with Gasteiger partial charge in [-0.15, -0.1) is 11.3 Å². The molecule has 0 aliphatic heterocycles. The molecule has 1 rings (SSSR count). The Hall–Kier alpha value is -0.620. The molecule has 1 amide bonds. The molecule has 1 heterocycles. The zero-order chi connectivity index (χ0) is 12.7. The summed E-state index contributed by atoms with van der Waals surface area (Å²) in [5.41, 5.74) is 5.68. The quantitative estimate of drug-likeness (QED) is 0.792. The maximum absolute atomic E-state index is 11.5. The molecule has 1 unspecified atom stereocenters. The molecular formula is C11H17ClN2O2S. The highest BCUT2D eigenvalue weighted by Gasteiger charge is 2.12. The molecule has 0 spiro atoms. The van der Waals surface area contributed by atoms with Gasteiger partial charge in [0.05, 0.1) is 10.4 Å². The van der Waals surface area contributed by atoms with Gasteiger partial charge in [-0.05, 0) is 25.0 Å². The average molecular weight is 277 g/mol. The molecular weight excluding hydrogens is 260 g/mol. The normalized spacial score (nSPS) is 12.4. The Labute approximate surface area is 110 Å². The number of ether oxygens (including phenoxy) is 1. The second-order valence-corrected chi connectivity index (χ2v) is 5.43. The van der Waals surface area contributed by atoms with Crippen molar-refractivity contribution in [2.24, 2.45) is 5.73 Å². The Kier molecular flexibility index (Phi) is 6.50. The summed E-state index contributed by atoms with van der Waals surface area (Å²) in [6.45, 7) is 1.07. The van der Waals surface area contributed by atoms with E-state index in [2.05, 4.69) is 5.32 Å². The van der Waals surface area contributed by atoms with Crippen LogP contribution in [0.2, 0.25) is 4.34 Å². The summed E-state index contributed by atoms with van der Waals surface area (Å²) in [4.78, 5) is 12.7. The number of methoxy groups -OCH3 is 1. The number of rotatable bonds is 7. The first-order chi connectivity index (χ1) is 8.13. The third-order valence-electron chi connectivity index (χ3n) is 2.27. The minimum atomic E-state index is -0.498. The molecule has 0 aliphatic carbocycles. The first-order valence-corrected chi connectivity index (χ1v) is 6.59. The van der Waals surface area contributed by atoms with Crippen molar-refractivity contribution in [3.63, 3.8) is 0 Å². The van der Waals surface area contributed by atoms with E-state index < -0.39 is 6.04 Å². The van der Waals surface area contributed by atoms with Gasteiger partial charge in [-0.3, -0.25) is 4.79 Å². The summed E-state index contributed by atoms with van der Waals surface area (Å²) in [6, 6.07) is 3.32. The number of carbonyl (C=O) groups is 1. The van der Waals surface area contributed by atoms with Crippen LogP contribution >= 0.6 is 22.9 Å². The van der Waals surface area contributed by atoms with Gasteiger partial charge in [0.2, 0.25) is 5.91 Å². The maximum Gasteiger partial charge on any atom is 0.237 e. The van der Waals surface area contributed by atoms with Crippen LogP contribution in [0.3, 0.4) is 0 Å². The predicted octanol–water partition coefficient (Wildman–Crippen LogP) is 1.42. The number of nitrogens with two attached hydrogens (primary N) is 1. The average Bonchev–Trinajstić information content (AvgIpc) is 2.71. The highest BCUT2D eigenvalue weighted by molar-refractivity contribution is 7.16. The number of hydrogen-bond acceptors (Lipinski definition) is 4. The zero-order valence-electron chi connectivity index (χ0n) is 9.74. The van der Waals surface area contributed by atoms with Crippen molar-refractivity contribution >= 4 is 28.8 Å². The van der Waals surface area contributed by atoms with Crippen molar-refractivity contribution in [3.05, 3.63) is 21.3 Å². The van der Waals surface area contributed by atoms with Crippen LogP contribution in [0.1, 0.15) is 11.3 Å². The van der Waals surface area contributed by atoms with Gasteiger partial charge in [0.25, 0.3) is 0 Å². The van der Waals surface area contributed by atoms with E-state index in [1.54, 1.807) is 7.11 Å². The van der Waals surface area contributed by atoms with E-state index in [9.17, 15) is 4.79 Å². The maximum atomic E-state index is 11.5. The van der Waals surface area contributed by atoms with Crippen molar-refractivity contribution in [2.75, 3.05) is 20.3 Å². The van der Waals surface area contributed by atoms with E-state index >= 15 is 0 Å². The van der Waals surface area contributed by atoms with Crippen LogP contribution in [0, 0.1) is 0 Å². The lowest BCUT2D eigenvalue weighted by Gasteiger charge is -2.11. The Balaban J connectivity index is 2.19.